The highest BCUT2D eigenvalue weighted by atomic mass is 35.5. The molecule has 166 valence electrons. The highest BCUT2D eigenvalue weighted by molar-refractivity contribution is 7.89. The number of benzene rings is 1. The summed E-state index contributed by atoms with van der Waals surface area (Å²) in [7, 11) is -3.96. The van der Waals surface area contributed by atoms with Gasteiger partial charge >= 0.3 is 12.0 Å². The molecule has 12 heteroatoms. The Labute approximate surface area is 184 Å². The Balaban J connectivity index is 2.13. The Hall–Kier alpha value is -1.88. The van der Waals surface area contributed by atoms with Crippen LogP contribution in [-0.2, 0) is 19.6 Å². The number of esters is 1. The van der Waals surface area contributed by atoms with E-state index in [2.05, 4.69) is 15.4 Å². The van der Waals surface area contributed by atoms with E-state index in [1.807, 2.05) is 0 Å². The van der Waals surface area contributed by atoms with Crippen LogP contribution in [0.3, 0.4) is 0 Å². The molecule has 1 atom stereocenters. The molecule has 1 aliphatic carbocycles. The number of carbonyl (C=O) groups is 3. The van der Waals surface area contributed by atoms with Crippen LogP contribution in [0.2, 0.25) is 10.0 Å². The van der Waals surface area contributed by atoms with Crippen LogP contribution < -0.4 is 15.4 Å². The third kappa shape index (κ3) is 6.83. The van der Waals surface area contributed by atoms with Gasteiger partial charge in [0.15, 0.2) is 6.10 Å². The van der Waals surface area contributed by atoms with Crippen molar-refractivity contribution in [3.63, 3.8) is 0 Å². The van der Waals surface area contributed by atoms with Crippen LogP contribution >= 0.6 is 23.2 Å². The van der Waals surface area contributed by atoms with Crippen molar-refractivity contribution < 1.29 is 27.5 Å². The van der Waals surface area contributed by atoms with E-state index in [9.17, 15) is 22.8 Å². The quantitative estimate of drug-likeness (QED) is 0.537. The summed E-state index contributed by atoms with van der Waals surface area (Å²) in [4.78, 5) is 36.0. The van der Waals surface area contributed by atoms with Crippen LogP contribution in [0.1, 0.15) is 50.9 Å². The van der Waals surface area contributed by atoms with Gasteiger partial charge in [0.25, 0.3) is 5.91 Å². The number of imide groups is 1. The van der Waals surface area contributed by atoms with Gasteiger partial charge in [-0.05, 0) is 52.7 Å². The highest BCUT2D eigenvalue weighted by Gasteiger charge is 2.31. The minimum atomic E-state index is -3.96. The van der Waals surface area contributed by atoms with Crippen molar-refractivity contribution in [2.24, 2.45) is 0 Å². The summed E-state index contributed by atoms with van der Waals surface area (Å²) in [6.07, 6.45) is 0.0865. The average Bonchev–Trinajstić information content (AvgIpc) is 3.35. The maximum absolute atomic E-state index is 12.5. The highest BCUT2D eigenvalue weighted by Crippen LogP contribution is 2.31. The van der Waals surface area contributed by atoms with E-state index >= 15 is 0 Å². The molecule has 9 nitrogen and oxygen atoms in total. The molecule has 0 spiro atoms. The fourth-order valence-corrected chi connectivity index (χ4v) is 4.39. The van der Waals surface area contributed by atoms with Gasteiger partial charge in [0.1, 0.15) is 4.90 Å². The first-order chi connectivity index (χ1) is 13.7. The van der Waals surface area contributed by atoms with Crippen molar-refractivity contribution in [2.75, 3.05) is 0 Å². The number of urea groups is 1. The summed E-state index contributed by atoms with van der Waals surface area (Å²) in [5.41, 5.74) is -0.853. The molecule has 0 bridgehead atoms. The molecule has 0 radical (unpaired) electrons. The van der Waals surface area contributed by atoms with Gasteiger partial charge < -0.3 is 10.1 Å². The monoisotopic (exact) mass is 479 g/mol. The Bertz CT molecular complexity index is 971. The minimum absolute atomic E-state index is 0.145. The van der Waals surface area contributed by atoms with E-state index in [4.69, 9.17) is 27.9 Å². The lowest BCUT2D eigenvalue weighted by molar-refractivity contribution is -0.127. The molecule has 0 heterocycles. The van der Waals surface area contributed by atoms with E-state index < -0.39 is 39.6 Å². The molecule has 0 aromatic heterocycles. The number of hydrogen-bond acceptors (Lipinski definition) is 6. The summed E-state index contributed by atoms with van der Waals surface area (Å²) < 4.78 is 32.4. The smallest absolute Gasteiger partial charge is 0.340 e. The summed E-state index contributed by atoms with van der Waals surface area (Å²) >= 11 is 12.0. The maximum Gasteiger partial charge on any atom is 0.340 e. The number of carbonyl (C=O) groups excluding carboxylic acids is 3. The molecule has 1 unspecified atom stereocenters. The summed E-state index contributed by atoms with van der Waals surface area (Å²) in [6.45, 7) is 6.44. The summed E-state index contributed by atoms with van der Waals surface area (Å²) in [5.74, 6) is -1.91. The summed E-state index contributed by atoms with van der Waals surface area (Å²) in [6, 6.07) is 1.19. The third-order valence-electron chi connectivity index (χ3n) is 3.81. The molecule has 1 aromatic rings. The number of hydrogen-bond donors (Lipinski definition) is 3. The molecule has 1 aliphatic rings. The fourth-order valence-electron chi connectivity index (χ4n) is 2.24. The number of amides is 3. The van der Waals surface area contributed by atoms with Gasteiger partial charge in [-0.25, -0.2) is 22.7 Å². The zero-order chi connectivity index (χ0) is 22.9. The van der Waals surface area contributed by atoms with Gasteiger partial charge in [-0.2, -0.15) is 0 Å². The van der Waals surface area contributed by atoms with Crippen LogP contribution in [0.25, 0.3) is 0 Å². The Kier molecular flexibility index (Phi) is 7.39. The average molecular weight is 480 g/mol. The molecule has 3 amide bonds. The molecule has 30 heavy (non-hydrogen) atoms. The number of nitrogens with one attached hydrogen (secondary N) is 3. The lowest BCUT2D eigenvalue weighted by atomic mass is 10.1. The molecular weight excluding hydrogens is 457 g/mol. The Morgan fingerprint density at radius 2 is 1.73 bits per heavy atom. The molecule has 1 aromatic carbocycles. The summed E-state index contributed by atoms with van der Waals surface area (Å²) in [5, 5.41) is 4.28. The van der Waals surface area contributed by atoms with Gasteiger partial charge in [-0.1, -0.05) is 23.2 Å². The van der Waals surface area contributed by atoms with Gasteiger partial charge in [0.2, 0.25) is 10.0 Å². The lowest BCUT2D eigenvalue weighted by Crippen LogP contribution is -2.50. The second-order valence-corrected chi connectivity index (χ2v) is 10.4. The maximum atomic E-state index is 12.5. The number of rotatable bonds is 6. The largest absolute Gasteiger partial charge is 0.449 e. The van der Waals surface area contributed by atoms with Crippen molar-refractivity contribution in [3.8, 4) is 0 Å². The van der Waals surface area contributed by atoms with Crippen LogP contribution in [0.4, 0.5) is 4.79 Å². The van der Waals surface area contributed by atoms with E-state index in [1.165, 1.54) is 6.92 Å². The molecule has 0 aliphatic heterocycles. The first kappa shape index (κ1) is 24.4. The van der Waals surface area contributed by atoms with Gasteiger partial charge in [0, 0.05) is 11.6 Å². The predicted octanol–water partition coefficient (Wildman–Crippen LogP) is 2.60. The SMILES string of the molecule is CC(OC(=O)c1cc(S(=O)(=O)NC2CC2)c(Cl)cc1Cl)C(=O)NC(=O)NC(C)(C)C. The fraction of sp³-hybridized carbons (Fsp3) is 0.500. The molecule has 1 fully saturated rings. The number of halogens is 2. The number of sulfonamides is 1. The topological polar surface area (TPSA) is 131 Å². The van der Waals surface area contributed by atoms with Crippen LogP contribution in [0.5, 0.6) is 0 Å². The lowest BCUT2D eigenvalue weighted by Gasteiger charge is -2.21. The third-order valence-corrected chi connectivity index (χ3v) is 6.11. The van der Waals surface area contributed by atoms with E-state index in [0.717, 1.165) is 25.0 Å². The van der Waals surface area contributed by atoms with Gasteiger partial charge in [-0.3, -0.25) is 10.1 Å². The Morgan fingerprint density at radius 3 is 2.27 bits per heavy atom. The second-order valence-electron chi connectivity index (χ2n) is 7.90. The van der Waals surface area contributed by atoms with E-state index in [-0.39, 0.29) is 26.5 Å². The van der Waals surface area contributed by atoms with E-state index in [0.29, 0.717) is 0 Å². The van der Waals surface area contributed by atoms with Crippen LogP contribution in [0, 0.1) is 0 Å². The van der Waals surface area contributed by atoms with Gasteiger partial charge in [0.05, 0.1) is 15.6 Å². The first-order valence-corrected chi connectivity index (χ1v) is 11.3. The minimum Gasteiger partial charge on any atom is -0.449 e. The number of ether oxygens (including phenoxy) is 1. The zero-order valence-electron chi connectivity index (χ0n) is 16.8. The first-order valence-electron chi connectivity index (χ1n) is 9.05. The zero-order valence-corrected chi connectivity index (χ0v) is 19.2. The van der Waals surface area contributed by atoms with Crippen molar-refractivity contribution in [3.05, 3.63) is 27.7 Å². The molecular formula is C18H23Cl2N3O6S. The standard InChI is InChI=1S/C18H23Cl2N3O6S/c1-9(15(24)21-17(26)22-18(2,3)4)29-16(25)11-7-14(13(20)8-12(11)19)30(27,28)23-10-5-6-10/h7-10,23H,5-6H2,1-4H3,(H2,21,22,24,26). The van der Waals surface area contributed by atoms with E-state index in [1.54, 1.807) is 20.8 Å². The molecule has 1 saturated carbocycles. The van der Waals surface area contributed by atoms with Crippen molar-refractivity contribution in [2.45, 2.75) is 63.1 Å². The Morgan fingerprint density at radius 1 is 1.13 bits per heavy atom. The van der Waals surface area contributed by atoms with Crippen molar-refractivity contribution >= 4 is 51.1 Å². The normalized spacial score (nSPS) is 15.3. The van der Waals surface area contributed by atoms with Crippen LogP contribution in [-0.4, -0.2) is 44.0 Å². The van der Waals surface area contributed by atoms with Crippen molar-refractivity contribution in [1.29, 1.82) is 0 Å². The molecule has 3 N–H and O–H groups in total. The van der Waals surface area contributed by atoms with Crippen LogP contribution in [0.15, 0.2) is 17.0 Å². The second kappa shape index (κ2) is 9.09. The van der Waals surface area contributed by atoms with Crippen molar-refractivity contribution in [1.82, 2.24) is 15.4 Å². The van der Waals surface area contributed by atoms with Gasteiger partial charge in [-0.15, -0.1) is 0 Å². The molecule has 0 saturated heterocycles. The predicted molar refractivity (Wildman–Crippen MR) is 111 cm³/mol. The molecule has 2 rings (SSSR count).